The van der Waals surface area contributed by atoms with Crippen LogP contribution in [-0.4, -0.2) is 55.4 Å². The fourth-order valence-corrected chi connectivity index (χ4v) is 5.11. The Hall–Kier alpha value is -4.34. The predicted octanol–water partition coefficient (Wildman–Crippen LogP) is 4.77. The van der Waals surface area contributed by atoms with Crippen LogP contribution in [0, 0.1) is 5.41 Å². The standard InChI is InChI=1S/C28H30N6O4/c1-2-20(38-27(37)29-17-28(26(35)36)13-5-6-14-28)16-18-9-11-23-19(15-18)10-12-24(30-23)21-7-3-4-8-22(21)25-31-33-34-32-25/h3-4,7-12,15,20H,2,5-6,13-14,16-17H2,1H3,(H,29,37)(H,35,36)(H,31,32,33,34). The van der Waals surface area contributed by atoms with Crippen molar-refractivity contribution in [1.82, 2.24) is 30.9 Å². The summed E-state index contributed by atoms with van der Waals surface area (Å²) in [7, 11) is 0. The van der Waals surface area contributed by atoms with Crippen molar-refractivity contribution in [2.75, 3.05) is 6.54 Å². The molecule has 0 saturated heterocycles. The van der Waals surface area contributed by atoms with E-state index < -0.39 is 17.5 Å². The lowest BCUT2D eigenvalue weighted by Crippen LogP contribution is -2.42. The fraction of sp³-hybridized carbons (Fsp3) is 0.357. The van der Waals surface area contributed by atoms with Crippen molar-refractivity contribution in [2.45, 2.75) is 51.6 Å². The molecule has 1 saturated carbocycles. The van der Waals surface area contributed by atoms with Gasteiger partial charge in [0, 0.05) is 29.5 Å². The Morgan fingerprint density at radius 3 is 2.61 bits per heavy atom. The molecule has 10 nitrogen and oxygen atoms in total. The van der Waals surface area contributed by atoms with E-state index in [-0.39, 0.29) is 12.6 Å². The van der Waals surface area contributed by atoms with Crippen LogP contribution >= 0.6 is 0 Å². The Labute approximate surface area is 219 Å². The Morgan fingerprint density at radius 1 is 1.11 bits per heavy atom. The average molecular weight is 515 g/mol. The molecule has 2 aromatic heterocycles. The maximum atomic E-state index is 12.5. The molecule has 0 radical (unpaired) electrons. The van der Waals surface area contributed by atoms with Crippen molar-refractivity contribution in [1.29, 1.82) is 0 Å². The second-order valence-corrected chi connectivity index (χ2v) is 9.79. The molecule has 0 spiro atoms. The van der Waals surface area contributed by atoms with Crippen LogP contribution in [0.2, 0.25) is 0 Å². The Balaban J connectivity index is 1.26. The molecule has 2 heterocycles. The highest BCUT2D eigenvalue weighted by atomic mass is 16.6. The van der Waals surface area contributed by atoms with Gasteiger partial charge in [-0.2, -0.15) is 5.21 Å². The third-order valence-electron chi connectivity index (χ3n) is 7.32. The van der Waals surface area contributed by atoms with E-state index in [0.29, 0.717) is 31.5 Å². The van der Waals surface area contributed by atoms with E-state index in [0.717, 1.165) is 46.1 Å². The second kappa shape index (κ2) is 11.0. The number of pyridine rings is 1. The number of alkyl carbamates (subject to hydrolysis) is 1. The molecule has 5 rings (SSSR count). The molecular weight excluding hydrogens is 484 g/mol. The van der Waals surface area contributed by atoms with Crippen LogP contribution < -0.4 is 5.32 Å². The van der Waals surface area contributed by atoms with Crippen LogP contribution in [0.4, 0.5) is 4.79 Å². The van der Waals surface area contributed by atoms with Crippen molar-refractivity contribution in [3.05, 3.63) is 60.2 Å². The number of hydrogen-bond acceptors (Lipinski definition) is 7. The zero-order valence-electron chi connectivity index (χ0n) is 21.2. The number of amides is 1. The van der Waals surface area contributed by atoms with E-state index in [1.54, 1.807) is 0 Å². The molecule has 4 aromatic rings. The summed E-state index contributed by atoms with van der Waals surface area (Å²) in [5.74, 6) is -0.345. The highest BCUT2D eigenvalue weighted by Gasteiger charge is 2.41. The summed E-state index contributed by atoms with van der Waals surface area (Å²) >= 11 is 0. The van der Waals surface area contributed by atoms with E-state index >= 15 is 0 Å². The monoisotopic (exact) mass is 514 g/mol. The van der Waals surface area contributed by atoms with Gasteiger partial charge in [-0.15, -0.1) is 10.2 Å². The molecule has 2 aromatic carbocycles. The first-order valence-electron chi connectivity index (χ1n) is 12.9. The van der Waals surface area contributed by atoms with Crippen LogP contribution in [0.25, 0.3) is 33.5 Å². The number of carbonyl (C=O) groups is 2. The minimum Gasteiger partial charge on any atom is -0.481 e. The number of carboxylic acids is 1. The van der Waals surface area contributed by atoms with Crippen molar-refractivity contribution in [2.24, 2.45) is 5.41 Å². The van der Waals surface area contributed by atoms with E-state index in [9.17, 15) is 14.7 Å². The Kier molecular flexibility index (Phi) is 7.30. The van der Waals surface area contributed by atoms with Gasteiger partial charge in [0.25, 0.3) is 0 Å². The zero-order valence-corrected chi connectivity index (χ0v) is 21.2. The lowest BCUT2D eigenvalue weighted by Gasteiger charge is -2.24. The van der Waals surface area contributed by atoms with Gasteiger partial charge in [-0.25, -0.2) is 9.78 Å². The van der Waals surface area contributed by atoms with E-state index in [1.807, 2.05) is 55.5 Å². The van der Waals surface area contributed by atoms with Crippen molar-refractivity contribution in [3.8, 4) is 22.6 Å². The van der Waals surface area contributed by atoms with Gasteiger partial charge in [-0.05, 0) is 48.2 Å². The summed E-state index contributed by atoms with van der Waals surface area (Å²) in [6.45, 7) is 2.06. The number of fused-ring (bicyclic) bond motifs is 1. The van der Waals surface area contributed by atoms with E-state index in [1.165, 1.54) is 0 Å². The molecular formula is C28H30N6O4. The first kappa shape index (κ1) is 25.3. The second-order valence-electron chi connectivity index (χ2n) is 9.79. The summed E-state index contributed by atoms with van der Waals surface area (Å²) in [6, 6.07) is 17.8. The summed E-state index contributed by atoms with van der Waals surface area (Å²) in [4.78, 5) is 29.1. The largest absolute Gasteiger partial charge is 0.481 e. The number of aliphatic carboxylic acids is 1. The number of H-pyrrole nitrogens is 1. The third kappa shape index (κ3) is 5.34. The lowest BCUT2D eigenvalue weighted by atomic mass is 9.86. The molecule has 3 N–H and O–H groups in total. The Morgan fingerprint density at radius 2 is 1.89 bits per heavy atom. The number of nitrogens with zero attached hydrogens (tertiary/aromatic N) is 4. The Bertz CT molecular complexity index is 1430. The third-order valence-corrected chi connectivity index (χ3v) is 7.32. The highest BCUT2D eigenvalue weighted by molar-refractivity contribution is 5.85. The van der Waals surface area contributed by atoms with Crippen molar-refractivity contribution >= 4 is 23.0 Å². The number of tetrazole rings is 1. The normalized spacial score (nSPS) is 15.3. The van der Waals surface area contributed by atoms with Gasteiger partial charge < -0.3 is 15.2 Å². The quantitative estimate of drug-likeness (QED) is 0.290. The van der Waals surface area contributed by atoms with Crippen molar-refractivity contribution < 1.29 is 19.4 Å². The molecule has 1 aliphatic carbocycles. The number of ether oxygens (including phenoxy) is 1. The first-order chi connectivity index (χ1) is 18.5. The molecule has 1 aliphatic rings. The van der Waals surface area contributed by atoms with Crippen molar-refractivity contribution in [3.63, 3.8) is 0 Å². The highest BCUT2D eigenvalue weighted by Crippen LogP contribution is 2.37. The molecule has 1 unspecified atom stereocenters. The van der Waals surface area contributed by atoms with Crippen LogP contribution in [0.1, 0.15) is 44.6 Å². The maximum Gasteiger partial charge on any atom is 0.407 e. The van der Waals surface area contributed by atoms with E-state index in [2.05, 4.69) is 32.0 Å². The molecule has 1 amide bonds. The molecule has 0 bridgehead atoms. The van der Waals surface area contributed by atoms with Gasteiger partial charge in [0.2, 0.25) is 5.82 Å². The van der Waals surface area contributed by atoms with E-state index in [4.69, 9.17) is 9.72 Å². The molecule has 10 heteroatoms. The average Bonchev–Trinajstić information content (AvgIpc) is 3.65. The molecule has 0 aliphatic heterocycles. The van der Waals surface area contributed by atoms with Gasteiger partial charge in [-0.3, -0.25) is 4.79 Å². The minimum atomic E-state index is -0.878. The van der Waals surface area contributed by atoms with Gasteiger partial charge in [0.05, 0.1) is 16.6 Å². The number of carbonyl (C=O) groups excluding carboxylic acids is 1. The number of aromatic nitrogens is 5. The number of benzene rings is 2. The number of carboxylic acid groups (broad SMARTS) is 1. The van der Waals surface area contributed by atoms with Gasteiger partial charge in [-0.1, -0.05) is 56.2 Å². The number of aromatic amines is 1. The van der Waals surface area contributed by atoms with Crippen LogP contribution in [0.15, 0.2) is 54.6 Å². The smallest absolute Gasteiger partial charge is 0.407 e. The predicted molar refractivity (Wildman–Crippen MR) is 141 cm³/mol. The fourth-order valence-electron chi connectivity index (χ4n) is 5.11. The number of nitrogens with one attached hydrogen (secondary N) is 2. The summed E-state index contributed by atoms with van der Waals surface area (Å²) in [6.07, 6.45) is 3.17. The molecule has 1 atom stereocenters. The lowest BCUT2D eigenvalue weighted by molar-refractivity contribution is -0.148. The topological polar surface area (TPSA) is 143 Å². The van der Waals surface area contributed by atoms with Gasteiger partial charge in [0.1, 0.15) is 6.10 Å². The summed E-state index contributed by atoms with van der Waals surface area (Å²) in [5.41, 5.74) is 3.55. The maximum absolute atomic E-state index is 12.5. The number of hydrogen-bond donors (Lipinski definition) is 3. The van der Waals surface area contributed by atoms with Crippen LogP contribution in [0.5, 0.6) is 0 Å². The molecule has 1 fully saturated rings. The van der Waals surface area contributed by atoms with Gasteiger partial charge >= 0.3 is 12.1 Å². The number of rotatable bonds is 9. The van der Waals surface area contributed by atoms with Gasteiger partial charge in [0.15, 0.2) is 0 Å². The van der Waals surface area contributed by atoms with Crippen LogP contribution in [-0.2, 0) is 16.0 Å². The molecule has 38 heavy (non-hydrogen) atoms. The SMILES string of the molecule is CCC(Cc1ccc2nc(-c3ccccc3-c3nn[nH]n3)ccc2c1)OC(=O)NCC1(C(=O)O)CCCC1. The zero-order chi connectivity index (χ0) is 26.5. The minimum absolute atomic E-state index is 0.0947. The first-order valence-corrected chi connectivity index (χ1v) is 12.9. The molecule has 196 valence electrons. The summed E-state index contributed by atoms with van der Waals surface area (Å²) < 4.78 is 5.65. The summed E-state index contributed by atoms with van der Waals surface area (Å²) in [5, 5.41) is 27.7. The van der Waals surface area contributed by atoms with Crippen LogP contribution in [0.3, 0.4) is 0 Å².